The summed E-state index contributed by atoms with van der Waals surface area (Å²) in [7, 11) is 0. The minimum atomic E-state index is 0.0517. The number of nitrogens with zero attached hydrogens (tertiary/aromatic N) is 4. The molecule has 2 heterocycles. The summed E-state index contributed by atoms with van der Waals surface area (Å²) in [5.41, 5.74) is 8.05. The first-order valence-electron chi connectivity index (χ1n) is 5.77. The molecule has 0 spiro atoms. The van der Waals surface area contributed by atoms with Gasteiger partial charge in [0.25, 0.3) is 0 Å². The van der Waals surface area contributed by atoms with Crippen LogP contribution in [-0.4, -0.2) is 25.8 Å². The number of oxime groups is 1. The van der Waals surface area contributed by atoms with E-state index in [4.69, 9.17) is 10.9 Å². The third-order valence-electron chi connectivity index (χ3n) is 3.04. The Morgan fingerprint density at radius 1 is 1.44 bits per heavy atom. The molecule has 1 aliphatic rings. The van der Waals surface area contributed by atoms with Crippen LogP contribution >= 0.6 is 0 Å². The predicted octanol–water partition coefficient (Wildman–Crippen LogP) is 1.24. The summed E-state index contributed by atoms with van der Waals surface area (Å²) < 4.78 is 1.72. The second-order valence-electron chi connectivity index (χ2n) is 4.34. The van der Waals surface area contributed by atoms with Gasteiger partial charge in [-0.05, 0) is 25.0 Å². The van der Waals surface area contributed by atoms with E-state index in [0.29, 0.717) is 17.2 Å². The van der Waals surface area contributed by atoms with Crippen LogP contribution in [0.5, 0.6) is 0 Å². The third kappa shape index (κ3) is 1.81. The highest BCUT2D eigenvalue weighted by molar-refractivity contribution is 6.00. The standard InChI is InChI=1S/C12H13N5O/c13-12(16-18)9-3-5-14-7-11(9)17-6-4-10(15-17)8-1-2-8/h3-8,18H,1-2H2,(H2,13,16). The van der Waals surface area contributed by atoms with E-state index in [1.54, 1.807) is 23.1 Å². The van der Waals surface area contributed by atoms with E-state index in [1.807, 2.05) is 12.3 Å². The molecule has 0 bridgehead atoms. The number of hydrogen-bond donors (Lipinski definition) is 2. The summed E-state index contributed by atoms with van der Waals surface area (Å²) in [4.78, 5) is 4.06. The Kier molecular flexibility index (Phi) is 2.47. The lowest BCUT2D eigenvalue weighted by Crippen LogP contribution is -2.16. The summed E-state index contributed by atoms with van der Waals surface area (Å²) in [6.07, 6.45) is 7.53. The van der Waals surface area contributed by atoms with Crippen LogP contribution in [0.2, 0.25) is 0 Å². The van der Waals surface area contributed by atoms with Gasteiger partial charge in [-0.3, -0.25) is 4.98 Å². The molecule has 6 nitrogen and oxygen atoms in total. The Morgan fingerprint density at radius 3 is 3.00 bits per heavy atom. The van der Waals surface area contributed by atoms with E-state index in [1.165, 1.54) is 12.8 Å². The molecule has 92 valence electrons. The highest BCUT2D eigenvalue weighted by atomic mass is 16.4. The molecule has 0 aromatic carbocycles. The van der Waals surface area contributed by atoms with Gasteiger partial charge in [-0.1, -0.05) is 5.16 Å². The molecule has 1 saturated carbocycles. The molecule has 0 atom stereocenters. The Labute approximate surface area is 104 Å². The fourth-order valence-corrected chi connectivity index (χ4v) is 1.91. The van der Waals surface area contributed by atoms with Crippen LogP contribution in [0.3, 0.4) is 0 Å². The van der Waals surface area contributed by atoms with Crippen molar-refractivity contribution in [1.29, 1.82) is 0 Å². The molecule has 3 rings (SSSR count). The molecule has 2 aromatic heterocycles. The van der Waals surface area contributed by atoms with Crippen LogP contribution in [-0.2, 0) is 0 Å². The zero-order chi connectivity index (χ0) is 12.5. The van der Waals surface area contributed by atoms with Crippen LogP contribution in [0.1, 0.15) is 30.0 Å². The van der Waals surface area contributed by atoms with E-state index in [2.05, 4.69) is 15.2 Å². The number of pyridine rings is 1. The molecular weight excluding hydrogens is 230 g/mol. The number of nitrogens with two attached hydrogens (primary N) is 1. The maximum absolute atomic E-state index is 8.78. The molecule has 2 aromatic rings. The van der Waals surface area contributed by atoms with Crippen molar-refractivity contribution in [1.82, 2.24) is 14.8 Å². The van der Waals surface area contributed by atoms with Crippen molar-refractivity contribution in [3.05, 3.63) is 42.0 Å². The van der Waals surface area contributed by atoms with Gasteiger partial charge in [-0.15, -0.1) is 0 Å². The monoisotopic (exact) mass is 243 g/mol. The Morgan fingerprint density at radius 2 is 2.28 bits per heavy atom. The van der Waals surface area contributed by atoms with Gasteiger partial charge in [0.05, 0.1) is 17.6 Å². The normalized spacial score (nSPS) is 15.9. The molecule has 0 amide bonds. The smallest absolute Gasteiger partial charge is 0.172 e. The van der Waals surface area contributed by atoms with Gasteiger partial charge < -0.3 is 10.9 Å². The first kappa shape index (κ1) is 10.8. The SMILES string of the molecule is N/C(=N/O)c1ccncc1-n1ccc(C2CC2)n1. The summed E-state index contributed by atoms with van der Waals surface area (Å²) in [5, 5.41) is 16.3. The van der Waals surface area contributed by atoms with Gasteiger partial charge in [0.1, 0.15) is 0 Å². The fraction of sp³-hybridized carbons (Fsp3) is 0.250. The van der Waals surface area contributed by atoms with Gasteiger partial charge in [0, 0.05) is 23.9 Å². The van der Waals surface area contributed by atoms with E-state index >= 15 is 0 Å². The molecule has 0 unspecified atom stereocenters. The van der Waals surface area contributed by atoms with Crippen molar-refractivity contribution >= 4 is 5.84 Å². The maximum atomic E-state index is 8.78. The molecule has 1 fully saturated rings. The number of rotatable bonds is 3. The largest absolute Gasteiger partial charge is 0.409 e. The van der Waals surface area contributed by atoms with Gasteiger partial charge in [0.2, 0.25) is 0 Å². The van der Waals surface area contributed by atoms with Crippen LogP contribution in [0.4, 0.5) is 0 Å². The van der Waals surface area contributed by atoms with Gasteiger partial charge >= 0.3 is 0 Å². The highest BCUT2D eigenvalue weighted by Crippen LogP contribution is 2.39. The fourth-order valence-electron chi connectivity index (χ4n) is 1.91. The molecule has 3 N–H and O–H groups in total. The van der Waals surface area contributed by atoms with Crippen molar-refractivity contribution in [2.45, 2.75) is 18.8 Å². The second-order valence-corrected chi connectivity index (χ2v) is 4.34. The lowest BCUT2D eigenvalue weighted by atomic mass is 10.2. The van der Waals surface area contributed by atoms with Crippen LogP contribution in [0.15, 0.2) is 35.9 Å². The van der Waals surface area contributed by atoms with Crippen LogP contribution in [0.25, 0.3) is 5.69 Å². The third-order valence-corrected chi connectivity index (χ3v) is 3.04. The van der Waals surface area contributed by atoms with E-state index in [9.17, 15) is 0 Å². The number of amidine groups is 1. The zero-order valence-corrected chi connectivity index (χ0v) is 9.69. The molecule has 0 aliphatic heterocycles. The van der Waals surface area contributed by atoms with E-state index in [0.717, 1.165) is 5.69 Å². The average molecular weight is 243 g/mol. The molecule has 18 heavy (non-hydrogen) atoms. The maximum Gasteiger partial charge on any atom is 0.172 e. The molecule has 0 saturated heterocycles. The quantitative estimate of drug-likeness (QED) is 0.367. The van der Waals surface area contributed by atoms with Gasteiger partial charge in [-0.25, -0.2) is 4.68 Å². The summed E-state index contributed by atoms with van der Waals surface area (Å²) in [5.74, 6) is 0.645. The lowest BCUT2D eigenvalue weighted by molar-refractivity contribution is 0.318. The van der Waals surface area contributed by atoms with Crippen LogP contribution in [0, 0.1) is 0 Å². The number of hydrogen-bond acceptors (Lipinski definition) is 4. The summed E-state index contributed by atoms with van der Waals surface area (Å²) in [6, 6.07) is 3.70. The van der Waals surface area contributed by atoms with Crippen LogP contribution < -0.4 is 5.73 Å². The summed E-state index contributed by atoms with van der Waals surface area (Å²) in [6.45, 7) is 0. The summed E-state index contributed by atoms with van der Waals surface area (Å²) >= 11 is 0. The Hall–Kier alpha value is -2.37. The minimum absolute atomic E-state index is 0.0517. The van der Waals surface area contributed by atoms with Gasteiger partial charge in [-0.2, -0.15) is 5.10 Å². The van der Waals surface area contributed by atoms with Crippen molar-refractivity contribution < 1.29 is 5.21 Å². The zero-order valence-electron chi connectivity index (χ0n) is 9.69. The van der Waals surface area contributed by atoms with Gasteiger partial charge in [0.15, 0.2) is 5.84 Å². The first-order chi connectivity index (χ1) is 8.79. The van der Waals surface area contributed by atoms with E-state index < -0.39 is 0 Å². The highest BCUT2D eigenvalue weighted by Gasteiger charge is 2.26. The molecule has 1 aliphatic carbocycles. The molecular formula is C12H13N5O. The molecule has 6 heteroatoms. The Bertz CT molecular complexity index is 600. The number of aromatic nitrogens is 3. The van der Waals surface area contributed by atoms with Crippen molar-refractivity contribution in [3.8, 4) is 5.69 Å². The lowest BCUT2D eigenvalue weighted by Gasteiger charge is -2.06. The molecule has 0 radical (unpaired) electrons. The average Bonchev–Trinajstić information content (AvgIpc) is 3.16. The minimum Gasteiger partial charge on any atom is -0.409 e. The first-order valence-corrected chi connectivity index (χ1v) is 5.77. The van der Waals surface area contributed by atoms with Crippen molar-refractivity contribution in [2.24, 2.45) is 10.9 Å². The van der Waals surface area contributed by atoms with E-state index in [-0.39, 0.29) is 5.84 Å². The predicted molar refractivity (Wildman–Crippen MR) is 65.8 cm³/mol. The van der Waals surface area contributed by atoms with Crippen molar-refractivity contribution in [3.63, 3.8) is 0 Å². The Balaban J connectivity index is 2.04. The second kappa shape index (κ2) is 4.14. The van der Waals surface area contributed by atoms with Crippen molar-refractivity contribution in [2.75, 3.05) is 0 Å². The topological polar surface area (TPSA) is 89.3 Å².